The van der Waals surface area contributed by atoms with Gasteiger partial charge in [-0.3, -0.25) is 9.78 Å². The predicted molar refractivity (Wildman–Crippen MR) is 107 cm³/mol. The van der Waals surface area contributed by atoms with Crippen molar-refractivity contribution in [3.63, 3.8) is 0 Å². The lowest BCUT2D eigenvalue weighted by atomic mass is 10.1. The molecule has 0 spiro atoms. The average Bonchev–Trinajstić information content (AvgIpc) is 3.26. The van der Waals surface area contributed by atoms with Gasteiger partial charge < -0.3 is 15.0 Å². The van der Waals surface area contributed by atoms with Crippen molar-refractivity contribution in [1.82, 2.24) is 10.3 Å². The second-order valence-electron chi connectivity index (χ2n) is 6.82. The number of hydrogen-bond acceptors (Lipinski definition) is 4. The minimum absolute atomic E-state index is 0.147. The van der Waals surface area contributed by atoms with Gasteiger partial charge in [0.05, 0.1) is 7.11 Å². The van der Waals surface area contributed by atoms with Gasteiger partial charge in [-0.1, -0.05) is 18.2 Å². The highest BCUT2D eigenvalue weighted by atomic mass is 16.5. The Balaban J connectivity index is 1.44. The van der Waals surface area contributed by atoms with E-state index in [1.165, 1.54) is 12.8 Å². The molecule has 2 heterocycles. The van der Waals surface area contributed by atoms with Crippen LogP contribution in [-0.2, 0) is 6.54 Å². The van der Waals surface area contributed by atoms with Gasteiger partial charge in [-0.2, -0.15) is 0 Å². The summed E-state index contributed by atoms with van der Waals surface area (Å²) in [6.45, 7) is 2.57. The van der Waals surface area contributed by atoms with Gasteiger partial charge in [-0.25, -0.2) is 0 Å². The second kappa shape index (κ2) is 7.66. The van der Waals surface area contributed by atoms with Gasteiger partial charge in [-0.15, -0.1) is 0 Å². The Bertz CT molecular complexity index is 965. The maximum atomic E-state index is 12.5. The largest absolute Gasteiger partial charge is 0.497 e. The maximum absolute atomic E-state index is 12.5. The predicted octanol–water partition coefficient (Wildman–Crippen LogP) is 3.77. The van der Waals surface area contributed by atoms with Gasteiger partial charge in [0, 0.05) is 31.5 Å². The first-order valence-electron chi connectivity index (χ1n) is 9.29. The fraction of sp³-hybridized carbons (Fsp3) is 0.273. The summed E-state index contributed by atoms with van der Waals surface area (Å²) >= 11 is 0. The zero-order valence-corrected chi connectivity index (χ0v) is 15.4. The first kappa shape index (κ1) is 17.3. The van der Waals surface area contributed by atoms with Crippen LogP contribution in [0.15, 0.2) is 54.7 Å². The SMILES string of the molecule is COc1ccc2cc(CNC(=O)c3cc(N4CCCC4)ccn3)ccc2c1. The van der Waals surface area contributed by atoms with E-state index in [2.05, 4.69) is 21.3 Å². The highest BCUT2D eigenvalue weighted by molar-refractivity contribution is 5.93. The van der Waals surface area contributed by atoms with E-state index in [4.69, 9.17) is 4.74 Å². The Morgan fingerprint density at radius 2 is 1.85 bits per heavy atom. The molecule has 1 saturated heterocycles. The van der Waals surface area contributed by atoms with Gasteiger partial charge in [0.1, 0.15) is 11.4 Å². The smallest absolute Gasteiger partial charge is 0.270 e. The van der Waals surface area contributed by atoms with Crippen molar-refractivity contribution in [3.8, 4) is 5.75 Å². The summed E-state index contributed by atoms with van der Waals surface area (Å²) in [6.07, 6.45) is 4.13. The molecule has 3 aromatic rings. The fourth-order valence-corrected chi connectivity index (χ4v) is 3.50. The Hall–Kier alpha value is -3.08. The van der Waals surface area contributed by atoms with E-state index in [-0.39, 0.29) is 5.91 Å². The number of nitrogens with zero attached hydrogens (tertiary/aromatic N) is 2. The van der Waals surface area contributed by atoms with Crippen LogP contribution in [-0.4, -0.2) is 31.1 Å². The summed E-state index contributed by atoms with van der Waals surface area (Å²) in [5.74, 6) is 0.693. The number of fused-ring (bicyclic) bond motifs is 1. The maximum Gasteiger partial charge on any atom is 0.270 e. The molecule has 1 aromatic heterocycles. The third-order valence-electron chi connectivity index (χ3n) is 5.01. The normalized spacial score (nSPS) is 13.7. The van der Waals surface area contributed by atoms with Gasteiger partial charge in [0.25, 0.3) is 5.91 Å². The topological polar surface area (TPSA) is 54.5 Å². The highest BCUT2D eigenvalue weighted by Gasteiger charge is 2.15. The number of carbonyl (C=O) groups is 1. The Morgan fingerprint density at radius 3 is 2.67 bits per heavy atom. The molecule has 0 aliphatic carbocycles. The number of carbonyl (C=O) groups excluding carboxylic acids is 1. The van der Waals surface area contributed by atoms with Crippen molar-refractivity contribution in [3.05, 3.63) is 66.0 Å². The molecule has 138 valence electrons. The molecule has 2 aromatic carbocycles. The molecule has 5 nitrogen and oxygen atoms in total. The van der Waals surface area contributed by atoms with Crippen LogP contribution in [0.5, 0.6) is 5.75 Å². The molecule has 0 bridgehead atoms. The Morgan fingerprint density at radius 1 is 1.07 bits per heavy atom. The number of hydrogen-bond donors (Lipinski definition) is 1. The third-order valence-corrected chi connectivity index (χ3v) is 5.01. The van der Waals surface area contributed by atoms with Gasteiger partial charge >= 0.3 is 0 Å². The molecule has 0 saturated carbocycles. The van der Waals surface area contributed by atoms with Crippen molar-refractivity contribution >= 4 is 22.4 Å². The van der Waals surface area contributed by atoms with E-state index >= 15 is 0 Å². The van der Waals surface area contributed by atoms with Crippen LogP contribution in [0.3, 0.4) is 0 Å². The summed E-state index contributed by atoms with van der Waals surface area (Å²) in [4.78, 5) is 19.1. The number of aromatic nitrogens is 1. The number of nitrogens with one attached hydrogen (secondary N) is 1. The van der Waals surface area contributed by atoms with Crippen LogP contribution in [0, 0.1) is 0 Å². The zero-order chi connectivity index (χ0) is 18.6. The van der Waals surface area contributed by atoms with Crippen LogP contribution in [0.4, 0.5) is 5.69 Å². The molecule has 0 atom stereocenters. The zero-order valence-electron chi connectivity index (χ0n) is 15.4. The third kappa shape index (κ3) is 3.87. The molecule has 0 unspecified atom stereocenters. The molecular formula is C22H23N3O2. The summed E-state index contributed by atoms with van der Waals surface area (Å²) < 4.78 is 5.26. The lowest BCUT2D eigenvalue weighted by Crippen LogP contribution is -2.25. The summed E-state index contributed by atoms with van der Waals surface area (Å²) in [5, 5.41) is 5.21. The molecule has 5 heteroatoms. The first-order valence-corrected chi connectivity index (χ1v) is 9.29. The number of ether oxygens (including phenoxy) is 1. The summed E-state index contributed by atoms with van der Waals surface area (Å²) in [5.41, 5.74) is 2.59. The van der Waals surface area contributed by atoms with Crippen molar-refractivity contribution < 1.29 is 9.53 Å². The van der Waals surface area contributed by atoms with E-state index in [0.29, 0.717) is 12.2 Å². The monoisotopic (exact) mass is 361 g/mol. The number of pyridine rings is 1. The van der Waals surface area contributed by atoms with Gasteiger partial charge in [0.15, 0.2) is 0 Å². The average molecular weight is 361 g/mol. The van der Waals surface area contributed by atoms with Crippen LogP contribution >= 0.6 is 0 Å². The van der Waals surface area contributed by atoms with Crippen LogP contribution in [0.25, 0.3) is 10.8 Å². The molecule has 27 heavy (non-hydrogen) atoms. The number of benzene rings is 2. The van der Waals surface area contributed by atoms with Crippen molar-refractivity contribution in [2.24, 2.45) is 0 Å². The number of rotatable bonds is 5. The molecule has 1 N–H and O–H groups in total. The molecule has 4 rings (SSSR count). The van der Waals surface area contributed by atoms with E-state index < -0.39 is 0 Å². The van der Waals surface area contributed by atoms with E-state index in [1.807, 2.05) is 42.5 Å². The molecule has 1 amide bonds. The highest BCUT2D eigenvalue weighted by Crippen LogP contribution is 2.22. The second-order valence-corrected chi connectivity index (χ2v) is 6.82. The minimum atomic E-state index is -0.147. The van der Waals surface area contributed by atoms with Crippen LogP contribution < -0.4 is 15.0 Å². The molecular weight excluding hydrogens is 338 g/mol. The fourth-order valence-electron chi connectivity index (χ4n) is 3.50. The van der Waals surface area contributed by atoms with E-state index in [1.54, 1.807) is 13.3 Å². The summed E-state index contributed by atoms with van der Waals surface area (Å²) in [6, 6.07) is 16.0. The van der Waals surface area contributed by atoms with Crippen molar-refractivity contribution in [2.75, 3.05) is 25.1 Å². The summed E-state index contributed by atoms with van der Waals surface area (Å²) in [7, 11) is 1.66. The van der Waals surface area contributed by atoms with E-state index in [9.17, 15) is 4.79 Å². The van der Waals surface area contributed by atoms with Crippen LogP contribution in [0.2, 0.25) is 0 Å². The minimum Gasteiger partial charge on any atom is -0.497 e. The van der Waals surface area contributed by atoms with Crippen LogP contribution in [0.1, 0.15) is 28.9 Å². The Kier molecular flexibility index (Phi) is 4.92. The molecule has 1 aliphatic heterocycles. The standard InChI is InChI=1S/C22H23N3O2/c1-27-20-7-6-17-12-16(4-5-18(17)13-20)15-24-22(26)21-14-19(8-9-23-21)25-10-2-3-11-25/h4-9,12-14H,2-3,10-11,15H2,1H3,(H,24,26). The van der Waals surface area contributed by atoms with Gasteiger partial charge in [-0.05, 0) is 59.5 Å². The van der Waals surface area contributed by atoms with Crippen molar-refractivity contribution in [2.45, 2.75) is 19.4 Å². The lowest BCUT2D eigenvalue weighted by Gasteiger charge is -2.17. The van der Waals surface area contributed by atoms with Crippen molar-refractivity contribution in [1.29, 1.82) is 0 Å². The molecule has 0 radical (unpaired) electrons. The van der Waals surface area contributed by atoms with E-state index in [0.717, 1.165) is 40.9 Å². The number of anilines is 1. The first-order chi connectivity index (χ1) is 13.2. The quantitative estimate of drug-likeness (QED) is 0.751. The number of amides is 1. The number of methoxy groups -OCH3 is 1. The lowest BCUT2D eigenvalue weighted by molar-refractivity contribution is 0.0946. The molecule has 1 fully saturated rings. The van der Waals surface area contributed by atoms with Gasteiger partial charge in [0.2, 0.25) is 0 Å². The Labute approximate surface area is 159 Å². The molecule has 1 aliphatic rings.